The van der Waals surface area contributed by atoms with Gasteiger partial charge in [-0.1, -0.05) is 60.7 Å². The first-order valence-corrected chi connectivity index (χ1v) is 9.98. The Morgan fingerprint density at radius 2 is 1.76 bits per heavy atom. The molecule has 3 aromatic rings. The quantitative estimate of drug-likeness (QED) is 0.634. The summed E-state index contributed by atoms with van der Waals surface area (Å²) in [4.78, 5) is 13.2. The molecule has 4 nitrogen and oxygen atoms in total. The van der Waals surface area contributed by atoms with Crippen LogP contribution in [-0.2, 0) is 0 Å². The van der Waals surface area contributed by atoms with Crippen molar-refractivity contribution in [2.75, 3.05) is 20.2 Å². The zero-order chi connectivity index (χ0) is 20.1. The van der Waals surface area contributed by atoms with Gasteiger partial charge >= 0.3 is 0 Å². The third kappa shape index (κ3) is 4.33. The molecule has 0 fully saturated rings. The second-order valence-corrected chi connectivity index (χ2v) is 7.21. The lowest BCUT2D eigenvalue weighted by Crippen LogP contribution is -2.26. The molecular formula is C25H25NO3. The average Bonchev–Trinajstić information content (AvgIpc) is 2.78. The maximum Gasteiger partial charge on any atom is 0.177 e. The van der Waals surface area contributed by atoms with Gasteiger partial charge in [-0.25, -0.2) is 0 Å². The van der Waals surface area contributed by atoms with Crippen molar-refractivity contribution in [3.05, 3.63) is 95.6 Å². The summed E-state index contributed by atoms with van der Waals surface area (Å²) in [6.07, 6.45) is 0.737. The Labute approximate surface area is 171 Å². The highest BCUT2D eigenvalue weighted by atomic mass is 16.5. The van der Waals surface area contributed by atoms with E-state index in [1.165, 1.54) is 0 Å². The lowest BCUT2D eigenvalue weighted by atomic mass is 9.89. The fourth-order valence-corrected chi connectivity index (χ4v) is 3.67. The summed E-state index contributed by atoms with van der Waals surface area (Å²) in [5, 5.41) is 3.18. The summed E-state index contributed by atoms with van der Waals surface area (Å²) in [5.41, 5.74) is 2.68. The highest BCUT2D eigenvalue weighted by Crippen LogP contribution is 2.36. The minimum atomic E-state index is -0.284. The van der Waals surface area contributed by atoms with Gasteiger partial charge in [-0.3, -0.25) is 4.79 Å². The molecule has 1 heterocycles. The van der Waals surface area contributed by atoms with Crippen LogP contribution in [0.1, 0.15) is 39.9 Å². The van der Waals surface area contributed by atoms with Gasteiger partial charge in [-0.2, -0.15) is 0 Å². The van der Waals surface area contributed by atoms with Crippen molar-refractivity contribution in [2.24, 2.45) is 0 Å². The summed E-state index contributed by atoms with van der Waals surface area (Å²) in [6, 6.07) is 25.5. The first-order chi connectivity index (χ1) is 14.3. The number of hydrogen-bond acceptors (Lipinski definition) is 4. The van der Waals surface area contributed by atoms with E-state index in [4.69, 9.17) is 9.47 Å². The molecule has 0 saturated carbocycles. The standard InChI is InChI=1S/C25H25NO3/c1-26-15-14-23(19-10-6-3-7-11-19)29-20-12-13-24-21(16-20)25(27)22(17-28-24)18-8-4-2-5-9-18/h2-13,16,22-23,26H,14-15,17H2,1H3. The number of Topliss-reactive ketones (excluding diaryl/α,β-unsaturated/α-hetero) is 1. The third-order valence-electron chi connectivity index (χ3n) is 5.25. The van der Waals surface area contributed by atoms with Crippen LogP contribution in [0.4, 0.5) is 0 Å². The molecule has 29 heavy (non-hydrogen) atoms. The van der Waals surface area contributed by atoms with E-state index < -0.39 is 0 Å². The van der Waals surface area contributed by atoms with Gasteiger partial charge in [-0.05, 0) is 42.9 Å². The number of carbonyl (C=O) groups excluding carboxylic acids is 1. The van der Waals surface area contributed by atoms with E-state index in [-0.39, 0.29) is 17.8 Å². The van der Waals surface area contributed by atoms with Crippen LogP contribution < -0.4 is 14.8 Å². The van der Waals surface area contributed by atoms with Crippen molar-refractivity contribution in [3.8, 4) is 11.5 Å². The molecule has 4 heteroatoms. The number of carbonyl (C=O) groups is 1. The van der Waals surface area contributed by atoms with E-state index >= 15 is 0 Å². The zero-order valence-electron chi connectivity index (χ0n) is 16.5. The van der Waals surface area contributed by atoms with E-state index in [2.05, 4.69) is 17.4 Å². The molecule has 2 unspecified atom stereocenters. The van der Waals surface area contributed by atoms with Gasteiger partial charge in [0.15, 0.2) is 5.78 Å². The summed E-state index contributed by atoms with van der Waals surface area (Å²) in [7, 11) is 1.93. The van der Waals surface area contributed by atoms with Crippen LogP contribution in [0.5, 0.6) is 11.5 Å². The summed E-state index contributed by atoms with van der Waals surface area (Å²) >= 11 is 0. The van der Waals surface area contributed by atoms with Crippen LogP contribution in [0, 0.1) is 0 Å². The summed E-state index contributed by atoms with van der Waals surface area (Å²) < 4.78 is 12.2. The fraction of sp³-hybridized carbons (Fsp3) is 0.240. The maximum atomic E-state index is 13.2. The van der Waals surface area contributed by atoms with Gasteiger partial charge in [-0.15, -0.1) is 0 Å². The number of ketones is 1. The third-order valence-corrected chi connectivity index (χ3v) is 5.25. The average molecular weight is 387 g/mol. The predicted octanol–water partition coefficient (Wildman–Crippen LogP) is 4.78. The lowest BCUT2D eigenvalue weighted by molar-refractivity contribution is 0.0894. The van der Waals surface area contributed by atoms with Crippen LogP contribution in [-0.4, -0.2) is 26.0 Å². The second-order valence-electron chi connectivity index (χ2n) is 7.21. The number of hydrogen-bond donors (Lipinski definition) is 1. The first kappa shape index (κ1) is 19.2. The van der Waals surface area contributed by atoms with E-state index in [1.54, 1.807) is 0 Å². The highest BCUT2D eigenvalue weighted by Gasteiger charge is 2.30. The largest absolute Gasteiger partial charge is 0.492 e. The minimum Gasteiger partial charge on any atom is -0.492 e. The number of ether oxygens (including phenoxy) is 2. The molecule has 3 aromatic carbocycles. The highest BCUT2D eigenvalue weighted by molar-refractivity contribution is 6.04. The van der Waals surface area contributed by atoms with E-state index in [1.807, 2.05) is 73.8 Å². The molecule has 0 aromatic heterocycles. The van der Waals surface area contributed by atoms with Crippen LogP contribution in [0.15, 0.2) is 78.9 Å². The van der Waals surface area contributed by atoms with Crippen LogP contribution >= 0.6 is 0 Å². The van der Waals surface area contributed by atoms with Gasteiger partial charge in [0.2, 0.25) is 0 Å². The Morgan fingerprint density at radius 3 is 2.48 bits per heavy atom. The van der Waals surface area contributed by atoms with Crippen molar-refractivity contribution in [1.29, 1.82) is 0 Å². The second kappa shape index (κ2) is 8.93. The van der Waals surface area contributed by atoms with Crippen LogP contribution in [0.25, 0.3) is 0 Å². The number of nitrogens with one attached hydrogen (secondary N) is 1. The van der Waals surface area contributed by atoms with Crippen molar-refractivity contribution in [2.45, 2.75) is 18.4 Å². The van der Waals surface area contributed by atoms with E-state index in [9.17, 15) is 4.79 Å². The first-order valence-electron chi connectivity index (χ1n) is 9.98. The molecule has 0 amide bonds. The van der Waals surface area contributed by atoms with Crippen molar-refractivity contribution in [3.63, 3.8) is 0 Å². The lowest BCUT2D eigenvalue weighted by Gasteiger charge is -2.26. The summed E-state index contributed by atoms with van der Waals surface area (Å²) in [5.74, 6) is 1.10. The Balaban J connectivity index is 1.59. The Morgan fingerprint density at radius 1 is 1.03 bits per heavy atom. The van der Waals surface area contributed by atoms with E-state index in [0.717, 1.165) is 24.1 Å². The number of benzene rings is 3. The van der Waals surface area contributed by atoms with Crippen molar-refractivity contribution < 1.29 is 14.3 Å². The molecule has 0 saturated heterocycles. The Kier molecular flexibility index (Phi) is 5.92. The van der Waals surface area contributed by atoms with Gasteiger partial charge in [0.05, 0.1) is 11.5 Å². The molecule has 0 radical (unpaired) electrons. The predicted molar refractivity (Wildman–Crippen MR) is 114 cm³/mol. The van der Waals surface area contributed by atoms with Crippen LogP contribution in [0.3, 0.4) is 0 Å². The van der Waals surface area contributed by atoms with Gasteiger partial charge in [0.25, 0.3) is 0 Å². The van der Waals surface area contributed by atoms with Crippen molar-refractivity contribution in [1.82, 2.24) is 5.32 Å². The number of fused-ring (bicyclic) bond motifs is 1. The molecular weight excluding hydrogens is 362 g/mol. The molecule has 1 aliphatic heterocycles. The monoisotopic (exact) mass is 387 g/mol. The van der Waals surface area contributed by atoms with Gasteiger partial charge in [0, 0.05) is 6.42 Å². The van der Waals surface area contributed by atoms with Crippen LogP contribution in [0.2, 0.25) is 0 Å². The SMILES string of the molecule is CNCCC(Oc1ccc2c(c1)C(=O)C(c1ccccc1)CO2)c1ccccc1. The molecule has 148 valence electrons. The molecule has 0 bridgehead atoms. The van der Waals surface area contributed by atoms with Gasteiger partial charge in [0.1, 0.15) is 24.2 Å². The number of rotatable bonds is 7. The Bertz CT molecular complexity index is 956. The fourth-order valence-electron chi connectivity index (χ4n) is 3.67. The maximum absolute atomic E-state index is 13.2. The molecule has 1 aliphatic rings. The zero-order valence-corrected chi connectivity index (χ0v) is 16.5. The minimum absolute atomic E-state index is 0.0781. The van der Waals surface area contributed by atoms with Crippen molar-refractivity contribution >= 4 is 5.78 Å². The molecule has 4 rings (SSSR count). The smallest absolute Gasteiger partial charge is 0.177 e. The molecule has 0 spiro atoms. The normalized spacial score (nSPS) is 16.6. The summed E-state index contributed by atoms with van der Waals surface area (Å²) in [6.45, 7) is 1.20. The van der Waals surface area contributed by atoms with Gasteiger partial charge < -0.3 is 14.8 Å². The topological polar surface area (TPSA) is 47.6 Å². The Hall–Kier alpha value is -3.11. The molecule has 1 N–H and O–H groups in total. The van der Waals surface area contributed by atoms with E-state index in [0.29, 0.717) is 23.7 Å². The molecule has 0 aliphatic carbocycles. The molecule has 2 atom stereocenters.